The van der Waals surface area contributed by atoms with Crippen molar-refractivity contribution in [3.8, 4) is 0 Å². The zero-order valence-corrected chi connectivity index (χ0v) is 14.8. The lowest BCUT2D eigenvalue weighted by Gasteiger charge is -2.49. The van der Waals surface area contributed by atoms with Crippen molar-refractivity contribution >= 4 is 6.41 Å². The summed E-state index contributed by atoms with van der Waals surface area (Å²) < 4.78 is 5.79. The number of carbonyl (C=O) groups excluding carboxylic acids is 1. The molecule has 1 amide bonds. The second-order valence-corrected chi connectivity index (χ2v) is 7.13. The van der Waals surface area contributed by atoms with Gasteiger partial charge in [0.25, 0.3) is 0 Å². The van der Waals surface area contributed by atoms with Crippen LogP contribution in [0.15, 0.2) is 23.6 Å². The van der Waals surface area contributed by atoms with Crippen molar-refractivity contribution in [3.05, 3.63) is 23.6 Å². The Bertz CT molecular complexity index is 471. The molecule has 22 heavy (non-hydrogen) atoms. The smallest absolute Gasteiger partial charge is 0.214 e. The Morgan fingerprint density at radius 1 is 1.32 bits per heavy atom. The maximum absolute atomic E-state index is 11.9. The fourth-order valence-electron chi connectivity index (χ4n) is 4.38. The molecule has 0 bridgehead atoms. The van der Waals surface area contributed by atoms with Crippen LogP contribution in [0.4, 0.5) is 0 Å². The van der Waals surface area contributed by atoms with Crippen LogP contribution < -0.4 is 0 Å². The number of ether oxygens (including phenoxy) is 1. The molecule has 0 aliphatic carbocycles. The van der Waals surface area contributed by atoms with Crippen LogP contribution in [0.3, 0.4) is 0 Å². The van der Waals surface area contributed by atoms with Gasteiger partial charge < -0.3 is 9.64 Å². The molecule has 1 unspecified atom stereocenters. The van der Waals surface area contributed by atoms with E-state index in [0.29, 0.717) is 6.04 Å². The largest absolute Gasteiger partial charge is 0.499 e. The van der Waals surface area contributed by atoms with Gasteiger partial charge in [-0.05, 0) is 49.9 Å². The number of carbonyl (C=O) groups is 1. The monoisotopic (exact) mass is 306 g/mol. The van der Waals surface area contributed by atoms with Crippen LogP contribution in [-0.2, 0) is 9.53 Å². The lowest BCUT2D eigenvalue weighted by molar-refractivity contribution is -0.124. The minimum Gasteiger partial charge on any atom is -0.499 e. The number of hydrogen-bond acceptors (Lipinski definition) is 3. The van der Waals surface area contributed by atoms with Gasteiger partial charge >= 0.3 is 0 Å². The van der Waals surface area contributed by atoms with E-state index in [1.54, 1.807) is 7.11 Å². The second-order valence-electron chi connectivity index (χ2n) is 7.13. The molecule has 2 aliphatic heterocycles. The Balaban J connectivity index is 2.51. The third-order valence-electron chi connectivity index (χ3n) is 5.41. The van der Waals surface area contributed by atoms with E-state index < -0.39 is 5.54 Å². The molecule has 1 atom stereocenters. The van der Waals surface area contributed by atoms with Crippen LogP contribution in [0.1, 0.15) is 40.5 Å². The highest BCUT2D eigenvalue weighted by Crippen LogP contribution is 2.43. The van der Waals surface area contributed by atoms with Crippen molar-refractivity contribution in [2.45, 2.75) is 52.1 Å². The maximum Gasteiger partial charge on any atom is 0.214 e. The number of hydrogen-bond donors (Lipinski definition) is 0. The Hall–Kier alpha value is -1.29. The number of nitrogens with zero attached hydrogens (tertiary/aromatic N) is 2. The van der Waals surface area contributed by atoms with Gasteiger partial charge in [-0.1, -0.05) is 27.7 Å². The summed E-state index contributed by atoms with van der Waals surface area (Å²) >= 11 is 0. The normalized spacial score (nSPS) is 25.5. The predicted molar refractivity (Wildman–Crippen MR) is 89.1 cm³/mol. The van der Waals surface area contributed by atoms with Gasteiger partial charge in [-0.25, -0.2) is 0 Å². The van der Waals surface area contributed by atoms with E-state index >= 15 is 0 Å². The van der Waals surface area contributed by atoms with Gasteiger partial charge in [0, 0.05) is 12.2 Å². The zero-order valence-electron chi connectivity index (χ0n) is 14.8. The molecule has 2 aliphatic rings. The molecule has 4 nitrogen and oxygen atoms in total. The Morgan fingerprint density at radius 2 is 1.95 bits per heavy atom. The summed E-state index contributed by atoms with van der Waals surface area (Å²) in [6, 6.07) is 0.380. The first-order valence-electron chi connectivity index (χ1n) is 8.31. The first kappa shape index (κ1) is 17.1. The van der Waals surface area contributed by atoms with Gasteiger partial charge in [0.1, 0.15) is 11.3 Å². The van der Waals surface area contributed by atoms with Gasteiger partial charge in [-0.15, -0.1) is 0 Å². The molecule has 0 N–H and O–H groups in total. The Labute approximate surface area is 134 Å². The minimum atomic E-state index is -0.406. The summed E-state index contributed by atoms with van der Waals surface area (Å²) in [4.78, 5) is 16.1. The number of likely N-dealkylation sites (tertiary alicyclic amines) is 1. The van der Waals surface area contributed by atoms with Crippen molar-refractivity contribution in [2.24, 2.45) is 11.8 Å². The van der Waals surface area contributed by atoms with Crippen LogP contribution in [0, 0.1) is 11.8 Å². The van der Waals surface area contributed by atoms with Crippen LogP contribution in [-0.4, -0.2) is 48.5 Å². The average molecular weight is 306 g/mol. The molecule has 0 saturated carbocycles. The van der Waals surface area contributed by atoms with Crippen molar-refractivity contribution in [1.29, 1.82) is 0 Å². The molecule has 0 aromatic carbocycles. The summed E-state index contributed by atoms with van der Waals surface area (Å²) in [5, 5.41) is 0. The Morgan fingerprint density at radius 3 is 2.36 bits per heavy atom. The molecule has 124 valence electrons. The molecule has 1 fully saturated rings. The van der Waals surface area contributed by atoms with E-state index in [1.807, 2.05) is 11.1 Å². The summed E-state index contributed by atoms with van der Waals surface area (Å²) in [5.41, 5.74) is 0.776. The van der Waals surface area contributed by atoms with Crippen molar-refractivity contribution in [1.82, 2.24) is 9.80 Å². The molecule has 2 heterocycles. The third kappa shape index (κ3) is 2.47. The van der Waals surface area contributed by atoms with Gasteiger partial charge in [0.2, 0.25) is 6.41 Å². The zero-order chi connectivity index (χ0) is 16.5. The van der Waals surface area contributed by atoms with Crippen LogP contribution in [0.2, 0.25) is 0 Å². The Kier molecular flexibility index (Phi) is 5.00. The molecular formula is C18H30N2O2. The third-order valence-corrected chi connectivity index (χ3v) is 5.41. The van der Waals surface area contributed by atoms with Crippen LogP contribution in [0.5, 0.6) is 0 Å². The number of rotatable bonds is 5. The summed E-state index contributed by atoms with van der Waals surface area (Å²) in [5.74, 6) is 1.44. The predicted octanol–water partition coefficient (Wildman–Crippen LogP) is 3.02. The topological polar surface area (TPSA) is 32.8 Å². The van der Waals surface area contributed by atoms with E-state index in [-0.39, 0.29) is 11.8 Å². The number of likely N-dealkylation sites (N-methyl/N-ethyl adjacent to an activating group) is 1. The standard InChI is InChI=1S/C18H30N2O2/c1-13(2)18(14(3)4)17(22-6)10-15(11-20(18)12-21)16-8-7-9-19(16)5/h10-14,16H,7-9H2,1-6H3. The lowest BCUT2D eigenvalue weighted by Crippen LogP contribution is -2.57. The minimum absolute atomic E-state index is 0.267. The molecule has 4 heteroatoms. The highest BCUT2D eigenvalue weighted by molar-refractivity contribution is 5.57. The average Bonchev–Trinajstić information content (AvgIpc) is 2.90. The van der Waals surface area contributed by atoms with Crippen LogP contribution >= 0.6 is 0 Å². The van der Waals surface area contributed by atoms with Gasteiger partial charge in [0.15, 0.2) is 0 Å². The number of methoxy groups -OCH3 is 1. The second kappa shape index (κ2) is 6.45. The van der Waals surface area contributed by atoms with Crippen molar-refractivity contribution < 1.29 is 9.53 Å². The highest BCUT2D eigenvalue weighted by Gasteiger charge is 2.49. The first-order chi connectivity index (χ1) is 10.4. The van der Waals surface area contributed by atoms with E-state index in [0.717, 1.165) is 25.1 Å². The molecule has 0 aromatic heterocycles. The molecule has 1 saturated heterocycles. The summed E-state index contributed by atoms with van der Waals surface area (Å²) in [6.45, 7) is 9.74. The molecule has 0 aromatic rings. The van der Waals surface area contributed by atoms with E-state index in [2.05, 4.69) is 45.7 Å². The summed E-state index contributed by atoms with van der Waals surface area (Å²) in [7, 11) is 3.87. The van der Waals surface area contributed by atoms with Gasteiger partial charge in [0.05, 0.1) is 7.11 Å². The lowest BCUT2D eigenvalue weighted by atomic mass is 9.72. The molecular weight excluding hydrogens is 276 g/mol. The van der Waals surface area contributed by atoms with Gasteiger partial charge in [-0.3, -0.25) is 9.69 Å². The van der Waals surface area contributed by atoms with Gasteiger partial charge in [-0.2, -0.15) is 0 Å². The SMILES string of the molecule is COC1=CC(C2CCCN2C)=CN(C=O)C1(C(C)C)C(C)C. The van der Waals surface area contributed by atoms with Crippen LogP contribution in [0.25, 0.3) is 0 Å². The van der Waals surface area contributed by atoms with E-state index in [9.17, 15) is 4.79 Å². The first-order valence-corrected chi connectivity index (χ1v) is 8.31. The quantitative estimate of drug-likeness (QED) is 0.732. The molecule has 0 radical (unpaired) electrons. The van der Waals surface area contributed by atoms with Crippen molar-refractivity contribution in [2.75, 3.05) is 20.7 Å². The van der Waals surface area contributed by atoms with E-state index in [1.165, 1.54) is 12.0 Å². The van der Waals surface area contributed by atoms with Crippen molar-refractivity contribution in [3.63, 3.8) is 0 Å². The maximum atomic E-state index is 11.9. The molecule has 2 rings (SSSR count). The van der Waals surface area contributed by atoms with E-state index in [4.69, 9.17) is 4.74 Å². The fourth-order valence-corrected chi connectivity index (χ4v) is 4.38. The summed E-state index contributed by atoms with van der Waals surface area (Å²) in [6.07, 6.45) is 7.52. The number of amides is 1. The molecule has 0 spiro atoms. The fraction of sp³-hybridized carbons (Fsp3) is 0.722. The highest BCUT2D eigenvalue weighted by atomic mass is 16.5.